The quantitative estimate of drug-likeness (QED) is 0.548. The molecule has 0 amide bonds. The number of piperazine rings is 1. The Bertz CT molecular complexity index is 838. The van der Waals surface area contributed by atoms with Crippen molar-refractivity contribution in [1.82, 2.24) is 9.80 Å². The van der Waals surface area contributed by atoms with Crippen LogP contribution < -0.4 is 0 Å². The molecular weight excluding hydrogens is 388 g/mol. The van der Waals surface area contributed by atoms with Crippen LogP contribution in [0, 0.1) is 23.7 Å². The van der Waals surface area contributed by atoms with Gasteiger partial charge in [0.2, 0.25) is 0 Å². The minimum absolute atomic E-state index is 0.0159. The highest BCUT2D eigenvalue weighted by atomic mass is 16.7. The topological polar surface area (TPSA) is 45.3 Å². The fraction of sp³-hybridized carbons (Fsp3) is 0.731. The molecule has 3 heterocycles. The smallest absolute Gasteiger partial charge is 0.311 e. The van der Waals surface area contributed by atoms with E-state index in [1.165, 1.54) is 12.0 Å². The van der Waals surface area contributed by atoms with Crippen LogP contribution in [0.3, 0.4) is 0 Å². The molecule has 0 aromatic heterocycles. The first-order chi connectivity index (χ1) is 15.0. The van der Waals surface area contributed by atoms with Crippen LogP contribution >= 0.6 is 0 Å². The number of carbonyl (C=O) groups is 1. The normalized spacial score (nSPS) is 44.8. The Morgan fingerprint density at radius 3 is 2.52 bits per heavy atom. The zero-order chi connectivity index (χ0) is 21.2. The third-order valence-corrected chi connectivity index (χ3v) is 9.26. The lowest BCUT2D eigenvalue weighted by Crippen LogP contribution is -2.58. The van der Waals surface area contributed by atoms with Gasteiger partial charge in [-0.2, -0.15) is 0 Å². The molecule has 0 radical (unpaired) electrons. The maximum absolute atomic E-state index is 13.2. The standard InChI is InChI=1S/C26H36N2O3/c1-18-8-9-22-20(23(29)30-26(22)21(18)10-11-25(2)24(26)31-25)17-28-14-12-27(13-15-28)16-19-6-4-3-5-7-19/h3-7,18,20-22,24H,8-17H2,1-2H3/t18-,20+,21-,22+,24+,25+,26+/m0/s1. The summed E-state index contributed by atoms with van der Waals surface area (Å²) in [5.41, 5.74) is 0.982. The predicted octanol–water partition coefficient (Wildman–Crippen LogP) is 3.33. The minimum Gasteiger partial charge on any atom is -0.455 e. The molecule has 5 fully saturated rings. The molecule has 5 nitrogen and oxygen atoms in total. The minimum atomic E-state index is -0.346. The zero-order valence-corrected chi connectivity index (χ0v) is 19.0. The van der Waals surface area contributed by atoms with Crippen LogP contribution in [-0.2, 0) is 20.8 Å². The molecule has 3 aliphatic heterocycles. The summed E-state index contributed by atoms with van der Waals surface area (Å²) >= 11 is 0. The monoisotopic (exact) mass is 424 g/mol. The zero-order valence-electron chi connectivity index (χ0n) is 19.0. The van der Waals surface area contributed by atoms with E-state index in [9.17, 15) is 4.79 Å². The summed E-state index contributed by atoms with van der Waals surface area (Å²) in [6, 6.07) is 10.7. The Balaban J connectivity index is 1.13. The number of ether oxygens (including phenoxy) is 2. The van der Waals surface area contributed by atoms with Gasteiger partial charge in [-0.3, -0.25) is 14.6 Å². The Hall–Kier alpha value is -1.43. The van der Waals surface area contributed by atoms with Crippen molar-refractivity contribution in [2.24, 2.45) is 23.7 Å². The molecule has 0 unspecified atom stereocenters. The van der Waals surface area contributed by atoms with Crippen molar-refractivity contribution >= 4 is 5.97 Å². The number of benzene rings is 1. The summed E-state index contributed by atoms with van der Waals surface area (Å²) in [5, 5.41) is 0. The summed E-state index contributed by atoms with van der Waals surface area (Å²) in [4.78, 5) is 18.3. The lowest BCUT2D eigenvalue weighted by molar-refractivity contribution is -0.168. The maximum Gasteiger partial charge on any atom is 0.311 e. The van der Waals surface area contributed by atoms with E-state index in [4.69, 9.17) is 9.47 Å². The molecule has 7 atom stereocenters. The average molecular weight is 425 g/mol. The van der Waals surface area contributed by atoms with E-state index >= 15 is 0 Å². The Labute approximate surface area is 186 Å². The first kappa shape index (κ1) is 20.2. The van der Waals surface area contributed by atoms with E-state index in [0.717, 1.165) is 58.5 Å². The van der Waals surface area contributed by atoms with Crippen LogP contribution in [0.2, 0.25) is 0 Å². The number of hydrogen-bond acceptors (Lipinski definition) is 5. The van der Waals surface area contributed by atoms with Gasteiger partial charge in [0.1, 0.15) is 11.7 Å². The highest BCUT2D eigenvalue weighted by molar-refractivity contribution is 5.77. The van der Waals surface area contributed by atoms with Crippen molar-refractivity contribution in [1.29, 1.82) is 0 Å². The van der Waals surface area contributed by atoms with E-state index < -0.39 is 0 Å². The number of epoxide rings is 1. The maximum atomic E-state index is 13.2. The van der Waals surface area contributed by atoms with Gasteiger partial charge in [-0.05, 0) is 44.1 Å². The highest BCUT2D eigenvalue weighted by Crippen LogP contribution is 2.66. The molecular formula is C26H36N2O3. The number of carbonyl (C=O) groups excluding carboxylic acids is 1. The fourth-order valence-corrected chi connectivity index (χ4v) is 7.51. The van der Waals surface area contributed by atoms with Gasteiger partial charge in [-0.1, -0.05) is 37.3 Å². The van der Waals surface area contributed by atoms with Gasteiger partial charge in [-0.15, -0.1) is 0 Å². The van der Waals surface area contributed by atoms with E-state index in [0.29, 0.717) is 17.8 Å². The van der Waals surface area contributed by atoms with Crippen molar-refractivity contribution in [2.75, 3.05) is 32.7 Å². The van der Waals surface area contributed by atoms with Gasteiger partial charge in [0.15, 0.2) is 0 Å². The number of hydrogen-bond donors (Lipinski definition) is 0. The van der Waals surface area contributed by atoms with Crippen LogP contribution in [0.15, 0.2) is 30.3 Å². The van der Waals surface area contributed by atoms with Gasteiger partial charge < -0.3 is 9.47 Å². The molecule has 31 heavy (non-hydrogen) atoms. The Kier molecular flexibility index (Phi) is 4.75. The van der Waals surface area contributed by atoms with Crippen molar-refractivity contribution in [3.8, 4) is 0 Å². The van der Waals surface area contributed by atoms with E-state index in [1.807, 2.05) is 0 Å². The molecule has 0 bridgehead atoms. The third-order valence-electron chi connectivity index (χ3n) is 9.26. The molecule has 5 aliphatic rings. The number of fused-ring (bicyclic) bond motifs is 1. The summed E-state index contributed by atoms with van der Waals surface area (Å²) in [6.07, 6.45) is 4.72. The van der Waals surface area contributed by atoms with E-state index in [2.05, 4.69) is 54.0 Å². The molecule has 5 heteroatoms. The van der Waals surface area contributed by atoms with Crippen LogP contribution in [-0.4, -0.2) is 65.8 Å². The average Bonchev–Trinajstić information content (AvgIpc) is 3.40. The van der Waals surface area contributed by atoms with Gasteiger partial charge in [0, 0.05) is 51.1 Å². The highest BCUT2D eigenvalue weighted by Gasteiger charge is 2.77. The van der Waals surface area contributed by atoms with Crippen LogP contribution in [0.5, 0.6) is 0 Å². The second kappa shape index (κ2) is 7.29. The molecule has 3 saturated heterocycles. The summed E-state index contributed by atoms with van der Waals surface area (Å²) in [7, 11) is 0. The summed E-state index contributed by atoms with van der Waals surface area (Å²) < 4.78 is 12.6. The van der Waals surface area contributed by atoms with Crippen molar-refractivity contribution in [3.63, 3.8) is 0 Å². The molecule has 1 spiro atoms. The SMILES string of the molecule is C[C@H]1CC[C@@H]2[C@@H](CN3CCN(Cc4ccccc4)CC3)C(=O)O[C@]23[C@H]1CC[C@@]1(C)O[C@@H]31. The molecule has 6 rings (SSSR count). The van der Waals surface area contributed by atoms with Crippen molar-refractivity contribution < 1.29 is 14.3 Å². The van der Waals surface area contributed by atoms with Crippen LogP contribution in [0.25, 0.3) is 0 Å². The first-order valence-corrected chi connectivity index (χ1v) is 12.4. The fourth-order valence-electron chi connectivity index (χ4n) is 7.51. The molecule has 2 saturated carbocycles. The molecule has 168 valence electrons. The van der Waals surface area contributed by atoms with Gasteiger partial charge in [0.05, 0.1) is 11.5 Å². The number of nitrogens with zero attached hydrogens (tertiary/aromatic N) is 2. The second-order valence-corrected chi connectivity index (χ2v) is 11.1. The Morgan fingerprint density at radius 2 is 1.74 bits per heavy atom. The predicted molar refractivity (Wildman–Crippen MR) is 118 cm³/mol. The summed E-state index contributed by atoms with van der Waals surface area (Å²) in [6.45, 7) is 10.7. The van der Waals surface area contributed by atoms with Gasteiger partial charge >= 0.3 is 5.97 Å². The molecule has 1 aromatic rings. The van der Waals surface area contributed by atoms with E-state index in [-0.39, 0.29) is 29.2 Å². The van der Waals surface area contributed by atoms with Gasteiger partial charge in [0.25, 0.3) is 0 Å². The number of esters is 1. The lowest BCUT2D eigenvalue weighted by atomic mass is 9.55. The summed E-state index contributed by atoms with van der Waals surface area (Å²) in [5.74, 6) is 1.50. The molecule has 0 N–H and O–H groups in total. The largest absolute Gasteiger partial charge is 0.455 e. The van der Waals surface area contributed by atoms with Crippen molar-refractivity contribution in [2.45, 2.75) is 63.4 Å². The van der Waals surface area contributed by atoms with E-state index in [1.54, 1.807) is 0 Å². The van der Waals surface area contributed by atoms with Crippen LogP contribution in [0.1, 0.15) is 45.1 Å². The second-order valence-electron chi connectivity index (χ2n) is 11.1. The first-order valence-electron chi connectivity index (χ1n) is 12.4. The van der Waals surface area contributed by atoms with Crippen LogP contribution in [0.4, 0.5) is 0 Å². The van der Waals surface area contributed by atoms with Crippen molar-refractivity contribution in [3.05, 3.63) is 35.9 Å². The third kappa shape index (κ3) is 3.19. The lowest BCUT2D eigenvalue weighted by Gasteiger charge is -2.50. The molecule has 1 aromatic carbocycles. The molecule has 2 aliphatic carbocycles. The van der Waals surface area contributed by atoms with Gasteiger partial charge in [-0.25, -0.2) is 0 Å². The number of rotatable bonds is 4. The Morgan fingerprint density at radius 1 is 1.00 bits per heavy atom.